The van der Waals surface area contributed by atoms with Gasteiger partial charge in [-0.15, -0.1) is 0 Å². The highest BCUT2D eigenvalue weighted by Gasteiger charge is 2.50. The first-order chi connectivity index (χ1) is 25.6. The summed E-state index contributed by atoms with van der Waals surface area (Å²) in [7, 11) is 0. The fraction of sp³-hybridized carbons (Fsp3) is 0.333. The normalized spacial score (nSPS) is 28.6. The Kier molecular flexibility index (Phi) is 11.0. The molecule has 2 fully saturated rings. The largest absolute Gasteiger partial charge is 0.508 e. The van der Waals surface area contributed by atoms with Crippen LogP contribution in [0.1, 0.15) is 12.5 Å². The highest BCUT2D eigenvalue weighted by Crippen LogP contribution is 2.40. The molecule has 2 aliphatic heterocycles. The van der Waals surface area contributed by atoms with Crippen molar-refractivity contribution in [2.45, 2.75) is 68.3 Å². The number of phenols is 5. The molecule has 0 aliphatic carbocycles. The van der Waals surface area contributed by atoms with E-state index in [1.807, 2.05) is 0 Å². The Morgan fingerprint density at radius 2 is 1.48 bits per heavy atom. The molecule has 0 radical (unpaired) electrons. The maximum absolute atomic E-state index is 13.9. The number of aliphatic hydroxyl groups is 5. The fourth-order valence-electron chi connectivity index (χ4n) is 5.89. The zero-order chi connectivity index (χ0) is 39.0. The molecule has 1 aromatic heterocycles. The second kappa shape index (κ2) is 15.5. The molecule has 0 amide bonds. The fourth-order valence-corrected chi connectivity index (χ4v) is 5.89. The van der Waals surface area contributed by atoms with E-state index in [2.05, 4.69) is 0 Å². The summed E-state index contributed by atoms with van der Waals surface area (Å²) in [6.07, 6.45) is -14.6. The van der Waals surface area contributed by atoms with Gasteiger partial charge in [-0.3, -0.25) is 4.79 Å². The van der Waals surface area contributed by atoms with Crippen LogP contribution in [0.3, 0.4) is 0 Å². The Morgan fingerprint density at radius 1 is 0.759 bits per heavy atom. The zero-order valence-corrected chi connectivity index (χ0v) is 28.1. The molecule has 3 heterocycles. The molecule has 0 saturated carbocycles. The lowest BCUT2D eigenvalue weighted by atomic mass is 9.98. The molecule has 4 aromatic rings. The van der Waals surface area contributed by atoms with Crippen molar-refractivity contribution in [2.24, 2.45) is 0 Å². The molecule has 6 rings (SSSR count). The second-order valence-electron chi connectivity index (χ2n) is 12.6. The van der Waals surface area contributed by atoms with Crippen LogP contribution in [0.2, 0.25) is 0 Å². The second-order valence-corrected chi connectivity index (χ2v) is 12.6. The van der Waals surface area contributed by atoms with Gasteiger partial charge in [-0.2, -0.15) is 0 Å². The van der Waals surface area contributed by atoms with Gasteiger partial charge in [-0.1, -0.05) is 12.1 Å². The van der Waals surface area contributed by atoms with E-state index in [0.29, 0.717) is 5.56 Å². The summed E-state index contributed by atoms with van der Waals surface area (Å²) in [6.45, 7) is 0.719. The number of benzene rings is 3. The van der Waals surface area contributed by atoms with Gasteiger partial charge in [0.15, 0.2) is 35.8 Å². The molecular formula is C36H36O18. The highest BCUT2D eigenvalue weighted by molar-refractivity contribution is 5.89. The van der Waals surface area contributed by atoms with Crippen molar-refractivity contribution in [3.05, 3.63) is 76.5 Å². The summed E-state index contributed by atoms with van der Waals surface area (Å²) in [6, 6.07) is 10.9. The minimum absolute atomic E-state index is 0.0204. The molecule has 10 N–H and O–H groups in total. The molecule has 0 bridgehead atoms. The highest BCUT2D eigenvalue weighted by atomic mass is 16.7. The van der Waals surface area contributed by atoms with Crippen LogP contribution in [0, 0.1) is 0 Å². The SMILES string of the molecule is CC1OC(OCC2OC(Oc3c(-c4ccc(O)c(O)c4)oc4cc(O)cc(O)c4c3=O)C(O)C(OC(=O)/C=C/c3ccc(O)cc3)C2O)C(O)C(O)C1O. The predicted molar refractivity (Wildman–Crippen MR) is 181 cm³/mol. The van der Waals surface area contributed by atoms with E-state index < -0.39 is 119 Å². The van der Waals surface area contributed by atoms with Crippen LogP contribution in [-0.2, 0) is 23.7 Å². The van der Waals surface area contributed by atoms with Gasteiger partial charge in [0.25, 0.3) is 0 Å². The number of fused-ring (bicyclic) bond motifs is 1. The van der Waals surface area contributed by atoms with Crippen LogP contribution >= 0.6 is 0 Å². The van der Waals surface area contributed by atoms with Crippen LogP contribution in [0.25, 0.3) is 28.4 Å². The van der Waals surface area contributed by atoms with Crippen molar-refractivity contribution in [3.8, 4) is 45.8 Å². The Hall–Kier alpha value is -5.44. The van der Waals surface area contributed by atoms with Crippen LogP contribution in [-0.4, -0.2) is 125 Å². The number of hydrogen-bond donors (Lipinski definition) is 10. The minimum Gasteiger partial charge on any atom is -0.508 e. The number of carbonyl (C=O) groups is 1. The monoisotopic (exact) mass is 756 g/mol. The zero-order valence-electron chi connectivity index (χ0n) is 28.1. The van der Waals surface area contributed by atoms with Crippen molar-refractivity contribution in [1.82, 2.24) is 0 Å². The van der Waals surface area contributed by atoms with Gasteiger partial charge in [0.1, 0.15) is 58.7 Å². The molecule has 18 nitrogen and oxygen atoms in total. The lowest BCUT2D eigenvalue weighted by molar-refractivity contribution is -0.319. The summed E-state index contributed by atoms with van der Waals surface area (Å²) in [5.41, 5.74) is -1.01. The van der Waals surface area contributed by atoms with E-state index >= 15 is 0 Å². The number of ether oxygens (including phenoxy) is 5. The van der Waals surface area contributed by atoms with E-state index in [0.717, 1.165) is 30.3 Å². The number of aliphatic hydroxyl groups excluding tert-OH is 5. The maximum Gasteiger partial charge on any atom is 0.331 e. The van der Waals surface area contributed by atoms with E-state index in [1.54, 1.807) is 0 Å². The summed E-state index contributed by atoms with van der Waals surface area (Å²) < 4.78 is 34.0. The number of rotatable bonds is 9. The third kappa shape index (κ3) is 7.77. The topological polar surface area (TPSA) is 296 Å². The van der Waals surface area contributed by atoms with Gasteiger partial charge >= 0.3 is 5.97 Å². The van der Waals surface area contributed by atoms with Crippen LogP contribution in [0.5, 0.6) is 34.5 Å². The average Bonchev–Trinajstić information content (AvgIpc) is 3.13. The van der Waals surface area contributed by atoms with Gasteiger partial charge in [0, 0.05) is 23.8 Å². The number of phenolic OH excluding ortho intramolecular Hbond substituents is 5. The Morgan fingerprint density at radius 3 is 2.19 bits per heavy atom. The molecule has 10 atom stereocenters. The van der Waals surface area contributed by atoms with E-state index in [-0.39, 0.29) is 16.9 Å². The maximum atomic E-state index is 13.9. The third-order valence-electron chi connectivity index (χ3n) is 8.82. The summed E-state index contributed by atoms with van der Waals surface area (Å²) >= 11 is 0. The summed E-state index contributed by atoms with van der Waals surface area (Å²) in [5, 5.41) is 103. The first-order valence-electron chi connectivity index (χ1n) is 16.3. The number of carbonyl (C=O) groups excluding carboxylic acids is 1. The Bertz CT molecular complexity index is 2080. The Balaban J connectivity index is 1.36. The summed E-state index contributed by atoms with van der Waals surface area (Å²) in [4.78, 5) is 26.9. The van der Waals surface area contributed by atoms with Crippen LogP contribution in [0.15, 0.2) is 69.9 Å². The van der Waals surface area contributed by atoms with Gasteiger partial charge in [0.2, 0.25) is 17.5 Å². The molecule has 0 spiro atoms. The van der Waals surface area contributed by atoms with E-state index in [1.165, 1.54) is 43.3 Å². The molecule has 288 valence electrons. The smallest absolute Gasteiger partial charge is 0.331 e. The molecule has 10 unspecified atom stereocenters. The molecule has 2 aliphatic rings. The third-order valence-corrected chi connectivity index (χ3v) is 8.82. The standard InChI is InChI=1S/C36H36O18/c1-14-26(43)29(46)30(47)35(50-14)49-13-23-27(44)33(53-24(42)9-4-15-2-6-17(37)7-3-15)31(48)36(52-23)54-34-28(45)25-21(41)11-18(38)12-22(25)51-32(34)16-5-8-19(39)20(40)10-16/h2-12,14,23,26-27,29-31,33,35-41,43-44,46-48H,13H2,1H3/b9-4+. The lowest BCUT2D eigenvalue weighted by Crippen LogP contribution is -2.62. The lowest BCUT2D eigenvalue weighted by Gasteiger charge is -2.43. The molecule has 54 heavy (non-hydrogen) atoms. The predicted octanol–water partition coefficient (Wildman–Crippen LogP) is 0.283. The molecule has 18 heteroatoms. The molecular weight excluding hydrogens is 720 g/mol. The van der Waals surface area contributed by atoms with Crippen molar-refractivity contribution >= 4 is 23.0 Å². The quantitative estimate of drug-likeness (QED) is 0.0623. The van der Waals surface area contributed by atoms with Gasteiger partial charge in [0.05, 0.1) is 12.7 Å². The van der Waals surface area contributed by atoms with Crippen LogP contribution in [0.4, 0.5) is 0 Å². The average molecular weight is 757 g/mol. The first kappa shape index (κ1) is 38.3. The van der Waals surface area contributed by atoms with Crippen LogP contribution < -0.4 is 10.2 Å². The van der Waals surface area contributed by atoms with Crippen molar-refractivity contribution in [1.29, 1.82) is 0 Å². The van der Waals surface area contributed by atoms with Crippen molar-refractivity contribution in [3.63, 3.8) is 0 Å². The Labute approximate surface area is 304 Å². The van der Waals surface area contributed by atoms with Gasteiger partial charge in [-0.25, -0.2) is 4.79 Å². The van der Waals surface area contributed by atoms with Crippen molar-refractivity contribution < 1.29 is 84.0 Å². The minimum atomic E-state index is -2.07. The number of aromatic hydroxyl groups is 5. The first-order valence-corrected chi connectivity index (χ1v) is 16.3. The summed E-state index contributed by atoms with van der Waals surface area (Å²) in [5.74, 6) is -4.67. The molecule has 2 saturated heterocycles. The van der Waals surface area contributed by atoms with E-state index in [9.17, 15) is 60.7 Å². The van der Waals surface area contributed by atoms with E-state index in [4.69, 9.17) is 28.1 Å². The van der Waals surface area contributed by atoms with Crippen molar-refractivity contribution in [2.75, 3.05) is 6.61 Å². The molecule has 3 aromatic carbocycles. The number of hydrogen-bond acceptors (Lipinski definition) is 18. The van der Waals surface area contributed by atoms with Gasteiger partial charge < -0.3 is 79.2 Å². The van der Waals surface area contributed by atoms with Gasteiger partial charge in [-0.05, 0) is 48.9 Å². The number of esters is 1.